The van der Waals surface area contributed by atoms with Gasteiger partial charge >= 0.3 is 0 Å². The van der Waals surface area contributed by atoms with Crippen molar-refractivity contribution in [1.29, 1.82) is 0 Å². The fourth-order valence-electron chi connectivity index (χ4n) is 3.03. The van der Waals surface area contributed by atoms with Crippen LogP contribution in [0.4, 0.5) is 11.4 Å². The van der Waals surface area contributed by atoms with Gasteiger partial charge < -0.3 is 20.6 Å². The van der Waals surface area contributed by atoms with Gasteiger partial charge in [0, 0.05) is 24.3 Å². The average molecular weight is 310 g/mol. The van der Waals surface area contributed by atoms with E-state index >= 15 is 0 Å². The van der Waals surface area contributed by atoms with Crippen LogP contribution in [-0.2, 0) is 4.79 Å². The van der Waals surface area contributed by atoms with Gasteiger partial charge in [-0.25, -0.2) is 0 Å². The molecular formula is C15H20ClN3O2. The van der Waals surface area contributed by atoms with Crippen LogP contribution in [0.1, 0.15) is 31.4 Å². The van der Waals surface area contributed by atoms with Crippen LogP contribution in [0.5, 0.6) is 0 Å². The van der Waals surface area contributed by atoms with E-state index in [2.05, 4.69) is 15.5 Å². The number of rotatable bonds is 2. The second-order valence-corrected chi connectivity index (χ2v) is 6.49. The monoisotopic (exact) mass is 309 g/mol. The highest BCUT2D eigenvalue weighted by Gasteiger charge is 2.32. The maximum absolute atomic E-state index is 11.9. The average Bonchev–Trinajstić information content (AvgIpc) is 2.72. The van der Waals surface area contributed by atoms with Gasteiger partial charge in [-0.05, 0) is 38.9 Å². The second-order valence-electron chi connectivity index (χ2n) is 6.09. The van der Waals surface area contributed by atoms with E-state index in [-0.39, 0.29) is 11.9 Å². The van der Waals surface area contributed by atoms with E-state index in [0.29, 0.717) is 17.9 Å². The summed E-state index contributed by atoms with van der Waals surface area (Å²) in [4.78, 5) is 14.0. The van der Waals surface area contributed by atoms with Crippen LogP contribution >= 0.6 is 11.6 Å². The van der Waals surface area contributed by atoms with Crippen molar-refractivity contribution in [2.75, 3.05) is 30.4 Å². The number of halogens is 1. The third-order valence-corrected chi connectivity index (χ3v) is 4.72. The Bertz CT molecular complexity index is 579. The Labute approximate surface area is 129 Å². The molecule has 1 atom stereocenters. The third kappa shape index (κ3) is 2.61. The Kier molecular flexibility index (Phi) is 3.59. The number of nitrogens with zero attached hydrogens (tertiary/aromatic N) is 1. The Hall–Kier alpha value is -1.30. The van der Waals surface area contributed by atoms with E-state index in [0.717, 1.165) is 30.0 Å². The first-order valence-corrected chi connectivity index (χ1v) is 7.58. The molecule has 1 fully saturated rings. The number of anilines is 2. The van der Waals surface area contributed by atoms with Crippen molar-refractivity contribution < 1.29 is 9.90 Å². The molecule has 5 nitrogen and oxygen atoms in total. The first-order valence-electron chi connectivity index (χ1n) is 7.20. The summed E-state index contributed by atoms with van der Waals surface area (Å²) in [6, 6.07) is 3.46. The van der Waals surface area contributed by atoms with Crippen molar-refractivity contribution in [2.24, 2.45) is 0 Å². The molecule has 114 valence electrons. The molecule has 0 saturated carbocycles. The molecule has 3 rings (SSSR count). The zero-order chi connectivity index (χ0) is 15.2. The highest BCUT2D eigenvalue weighted by Crippen LogP contribution is 2.40. The fourth-order valence-corrected chi connectivity index (χ4v) is 3.32. The number of hydrogen-bond donors (Lipinski definition) is 3. The molecule has 1 saturated heterocycles. The zero-order valence-corrected chi connectivity index (χ0v) is 13.0. The van der Waals surface area contributed by atoms with Crippen LogP contribution in [0.25, 0.3) is 0 Å². The van der Waals surface area contributed by atoms with Crippen LogP contribution in [0.15, 0.2) is 12.1 Å². The number of nitrogens with one attached hydrogen (secondary N) is 2. The Balaban J connectivity index is 1.89. The van der Waals surface area contributed by atoms with E-state index in [1.807, 2.05) is 19.1 Å². The van der Waals surface area contributed by atoms with Crippen LogP contribution in [0.3, 0.4) is 0 Å². The van der Waals surface area contributed by atoms with Gasteiger partial charge in [0.05, 0.1) is 16.3 Å². The summed E-state index contributed by atoms with van der Waals surface area (Å²) in [6.45, 7) is 3.39. The standard InChI is InChI=1S/C15H20ClN3O2/c1-15(21)3-5-19(6-4-15)12-8-11-9(7-10(12)16)13(17-2)14(20)18-11/h7-8,13,17,21H,3-6H2,1-2H3,(H,18,20). The van der Waals surface area contributed by atoms with Gasteiger partial charge in [-0.1, -0.05) is 11.6 Å². The number of amides is 1. The molecule has 1 aromatic carbocycles. The Morgan fingerprint density at radius 2 is 2.10 bits per heavy atom. The molecule has 1 aromatic rings. The number of fused-ring (bicyclic) bond motifs is 1. The number of likely N-dealkylation sites (N-methyl/N-ethyl adjacent to an activating group) is 1. The Morgan fingerprint density at radius 1 is 1.43 bits per heavy atom. The molecule has 0 aromatic heterocycles. The number of hydrogen-bond acceptors (Lipinski definition) is 4. The largest absolute Gasteiger partial charge is 0.390 e. The fraction of sp³-hybridized carbons (Fsp3) is 0.533. The molecule has 21 heavy (non-hydrogen) atoms. The Morgan fingerprint density at radius 3 is 2.71 bits per heavy atom. The van der Waals surface area contributed by atoms with Crippen molar-refractivity contribution in [3.05, 3.63) is 22.7 Å². The van der Waals surface area contributed by atoms with Crippen LogP contribution in [-0.4, -0.2) is 36.8 Å². The van der Waals surface area contributed by atoms with Crippen molar-refractivity contribution >= 4 is 28.9 Å². The summed E-state index contributed by atoms with van der Waals surface area (Å²) in [7, 11) is 1.76. The number of piperidine rings is 1. The molecule has 2 heterocycles. The van der Waals surface area contributed by atoms with Gasteiger partial charge in [-0.15, -0.1) is 0 Å². The summed E-state index contributed by atoms with van der Waals surface area (Å²) in [6.07, 6.45) is 1.43. The van der Waals surface area contributed by atoms with Crippen LogP contribution in [0.2, 0.25) is 5.02 Å². The topological polar surface area (TPSA) is 64.6 Å². The summed E-state index contributed by atoms with van der Waals surface area (Å²) in [5, 5.41) is 16.6. The molecule has 2 aliphatic heterocycles. The van der Waals surface area contributed by atoms with Gasteiger partial charge in [0.2, 0.25) is 5.91 Å². The number of carbonyl (C=O) groups excluding carboxylic acids is 1. The summed E-state index contributed by atoms with van der Waals surface area (Å²) >= 11 is 6.41. The quantitative estimate of drug-likeness (QED) is 0.781. The maximum Gasteiger partial charge on any atom is 0.246 e. The molecule has 2 aliphatic rings. The van der Waals surface area contributed by atoms with Crippen LogP contribution < -0.4 is 15.5 Å². The minimum absolute atomic E-state index is 0.0534. The highest BCUT2D eigenvalue weighted by molar-refractivity contribution is 6.33. The summed E-state index contributed by atoms with van der Waals surface area (Å²) < 4.78 is 0. The van der Waals surface area contributed by atoms with Crippen molar-refractivity contribution in [3.8, 4) is 0 Å². The predicted octanol–water partition coefficient (Wildman–Crippen LogP) is 1.90. The van der Waals surface area contributed by atoms with Crippen LogP contribution in [0, 0.1) is 0 Å². The van der Waals surface area contributed by atoms with E-state index in [4.69, 9.17) is 11.6 Å². The smallest absolute Gasteiger partial charge is 0.246 e. The van der Waals surface area contributed by atoms with Gasteiger partial charge in [0.15, 0.2) is 0 Å². The second kappa shape index (κ2) is 5.16. The lowest BCUT2D eigenvalue weighted by atomic mass is 9.93. The SMILES string of the molecule is CNC1C(=O)Nc2cc(N3CCC(C)(O)CC3)c(Cl)cc21. The van der Waals surface area contributed by atoms with E-state index in [1.165, 1.54) is 0 Å². The summed E-state index contributed by atoms with van der Waals surface area (Å²) in [5.74, 6) is -0.0534. The van der Waals surface area contributed by atoms with Gasteiger partial charge in [0.1, 0.15) is 6.04 Å². The molecule has 3 N–H and O–H groups in total. The lowest BCUT2D eigenvalue weighted by Gasteiger charge is -2.37. The highest BCUT2D eigenvalue weighted by atomic mass is 35.5. The number of carbonyl (C=O) groups is 1. The third-order valence-electron chi connectivity index (χ3n) is 4.42. The molecule has 0 bridgehead atoms. The lowest BCUT2D eigenvalue weighted by molar-refractivity contribution is -0.117. The normalized spacial score (nSPS) is 23.9. The minimum atomic E-state index is -0.592. The van der Waals surface area contributed by atoms with Crippen molar-refractivity contribution in [2.45, 2.75) is 31.4 Å². The lowest BCUT2D eigenvalue weighted by Crippen LogP contribution is -2.42. The molecule has 0 radical (unpaired) electrons. The molecule has 0 spiro atoms. The predicted molar refractivity (Wildman–Crippen MR) is 84.0 cm³/mol. The van der Waals surface area contributed by atoms with E-state index in [1.54, 1.807) is 7.05 Å². The first-order chi connectivity index (χ1) is 9.91. The maximum atomic E-state index is 11.9. The molecule has 0 aliphatic carbocycles. The summed E-state index contributed by atoms with van der Waals surface area (Å²) in [5.41, 5.74) is 2.03. The van der Waals surface area contributed by atoms with Gasteiger partial charge in [0.25, 0.3) is 0 Å². The number of benzene rings is 1. The first kappa shape index (κ1) is 14.6. The molecular weight excluding hydrogens is 290 g/mol. The van der Waals surface area contributed by atoms with Gasteiger partial charge in [-0.3, -0.25) is 4.79 Å². The van der Waals surface area contributed by atoms with E-state index in [9.17, 15) is 9.90 Å². The molecule has 1 unspecified atom stereocenters. The molecule has 1 amide bonds. The van der Waals surface area contributed by atoms with Crippen molar-refractivity contribution in [3.63, 3.8) is 0 Å². The van der Waals surface area contributed by atoms with Gasteiger partial charge in [-0.2, -0.15) is 0 Å². The van der Waals surface area contributed by atoms with E-state index < -0.39 is 5.60 Å². The van der Waals surface area contributed by atoms with Crippen molar-refractivity contribution in [1.82, 2.24) is 5.32 Å². The molecule has 6 heteroatoms. The number of aliphatic hydroxyl groups is 1. The minimum Gasteiger partial charge on any atom is -0.390 e. The zero-order valence-electron chi connectivity index (χ0n) is 12.2.